The van der Waals surface area contributed by atoms with Gasteiger partial charge in [-0.15, -0.1) is 0 Å². The van der Waals surface area contributed by atoms with Gasteiger partial charge >= 0.3 is 6.09 Å². The van der Waals surface area contributed by atoms with Crippen molar-refractivity contribution in [3.05, 3.63) is 27.3 Å². The van der Waals surface area contributed by atoms with E-state index in [0.717, 1.165) is 3.57 Å². The highest BCUT2D eigenvalue weighted by molar-refractivity contribution is 14.1. The standard InChI is InChI=1S/C11H12IN3O4S/c1-18-8-4-3-6(5-7(8)12)9(16)13-10(20)14-15-11(17)19-2/h3-5H,1-2H3,(H,15,17)(H2,13,14,16,20). The third-order valence-corrected chi connectivity index (χ3v) is 3.15. The summed E-state index contributed by atoms with van der Waals surface area (Å²) in [5.74, 6) is 0.268. The summed E-state index contributed by atoms with van der Waals surface area (Å²) in [4.78, 5) is 22.7. The van der Waals surface area contributed by atoms with Crippen LogP contribution in [0.2, 0.25) is 0 Å². The number of hydrazine groups is 1. The number of benzene rings is 1. The molecule has 1 aromatic carbocycles. The molecule has 108 valence electrons. The molecule has 9 heteroatoms. The number of hydrogen-bond donors (Lipinski definition) is 3. The fourth-order valence-electron chi connectivity index (χ4n) is 1.17. The topological polar surface area (TPSA) is 88.7 Å². The quantitative estimate of drug-likeness (QED) is 0.386. The normalized spacial score (nSPS) is 9.35. The molecule has 1 rings (SSSR count). The van der Waals surface area contributed by atoms with Crippen LogP contribution in [0.5, 0.6) is 5.75 Å². The molecule has 0 heterocycles. The number of carbonyl (C=O) groups is 2. The Kier molecular flexibility index (Phi) is 6.45. The Hall–Kier alpha value is -1.62. The van der Waals surface area contributed by atoms with Gasteiger partial charge in [-0.25, -0.2) is 10.2 Å². The average molecular weight is 409 g/mol. The number of rotatable bonds is 2. The van der Waals surface area contributed by atoms with Crippen LogP contribution < -0.4 is 20.9 Å². The lowest BCUT2D eigenvalue weighted by Crippen LogP contribution is -2.48. The fourth-order valence-corrected chi connectivity index (χ4v) is 2.05. The van der Waals surface area contributed by atoms with Gasteiger partial charge in [0.15, 0.2) is 5.11 Å². The monoisotopic (exact) mass is 409 g/mol. The smallest absolute Gasteiger partial charge is 0.425 e. The molecule has 0 unspecified atom stereocenters. The second-order valence-electron chi connectivity index (χ2n) is 3.37. The Labute approximate surface area is 134 Å². The second kappa shape index (κ2) is 7.85. The molecule has 0 saturated carbocycles. The summed E-state index contributed by atoms with van der Waals surface area (Å²) < 4.78 is 10.2. The van der Waals surface area contributed by atoms with Crippen LogP contribution in [0, 0.1) is 3.57 Å². The van der Waals surface area contributed by atoms with E-state index >= 15 is 0 Å². The minimum atomic E-state index is -0.722. The van der Waals surface area contributed by atoms with Gasteiger partial charge in [-0.3, -0.25) is 15.5 Å². The lowest BCUT2D eigenvalue weighted by molar-refractivity contribution is 0.0975. The first kappa shape index (κ1) is 16.4. The van der Waals surface area contributed by atoms with Crippen LogP contribution in [0.4, 0.5) is 4.79 Å². The predicted molar refractivity (Wildman–Crippen MR) is 84.5 cm³/mol. The second-order valence-corrected chi connectivity index (χ2v) is 4.94. The molecule has 0 bridgehead atoms. The summed E-state index contributed by atoms with van der Waals surface area (Å²) >= 11 is 6.89. The van der Waals surface area contributed by atoms with Gasteiger partial charge in [0.05, 0.1) is 17.8 Å². The molecule has 0 radical (unpaired) electrons. The lowest BCUT2D eigenvalue weighted by atomic mass is 10.2. The minimum Gasteiger partial charge on any atom is -0.496 e. The first-order valence-electron chi connectivity index (χ1n) is 5.26. The number of nitrogens with one attached hydrogen (secondary N) is 3. The van der Waals surface area contributed by atoms with Gasteiger partial charge < -0.3 is 9.47 Å². The van der Waals surface area contributed by atoms with Gasteiger partial charge in [0.25, 0.3) is 5.91 Å². The Morgan fingerprint density at radius 2 is 1.95 bits per heavy atom. The van der Waals surface area contributed by atoms with Crippen molar-refractivity contribution in [2.45, 2.75) is 0 Å². The van der Waals surface area contributed by atoms with Crippen LogP contribution in [0.1, 0.15) is 10.4 Å². The van der Waals surface area contributed by atoms with Crippen molar-refractivity contribution in [3.63, 3.8) is 0 Å². The number of methoxy groups -OCH3 is 2. The number of ether oxygens (including phenoxy) is 2. The van der Waals surface area contributed by atoms with Crippen LogP contribution >= 0.6 is 34.8 Å². The maximum atomic E-state index is 11.9. The van der Waals surface area contributed by atoms with E-state index < -0.39 is 12.0 Å². The van der Waals surface area contributed by atoms with E-state index in [-0.39, 0.29) is 5.11 Å². The molecule has 0 fully saturated rings. The van der Waals surface area contributed by atoms with Crippen LogP contribution in [0.25, 0.3) is 0 Å². The zero-order valence-electron chi connectivity index (χ0n) is 10.7. The van der Waals surface area contributed by atoms with Gasteiger partial charge in [0.1, 0.15) is 5.75 Å². The van der Waals surface area contributed by atoms with Gasteiger partial charge in [-0.05, 0) is 53.0 Å². The average Bonchev–Trinajstić information content (AvgIpc) is 2.44. The van der Waals surface area contributed by atoms with Crippen LogP contribution in [0.3, 0.4) is 0 Å². The van der Waals surface area contributed by atoms with Crippen molar-refractivity contribution >= 4 is 51.9 Å². The van der Waals surface area contributed by atoms with Crippen LogP contribution in [-0.2, 0) is 4.74 Å². The molecule has 20 heavy (non-hydrogen) atoms. The molecule has 0 aliphatic heterocycles. The molecule has 0 aliphatic carbocycles. The van der Waals surface area contributed by atoms with E-state index in [1.807, 2.05) is 0 Å². The minimum absolute atomic E-state index is 0.0498. The highest BCUT2D eigenvalue weighted by atomic mass is 127. The van der Waals surface area contributed by atoms with E-state index in [1.54, 1.807) is 25.3 Å². The SMILES string of the molecule is COC(=O)NNC(=S)NC(=O)c1ccc(OC)c(I)c1. The van der Waals surface area contributed by atoms with E-state index in [4.69, 9.17) is 17.0 Å². The van der Waals surface area contributed by atoms with Gasteiger partial charge in [-0.2, -0.15) is 0 Å². The van der Waals surface area contributed by atoms with Gasteiger partial charge in [0, 0.05) is 5.56 Å². The Morgan fingerprint density at radius 1 is 1.25 bits per heavy atom. The molecule has 0 spiro atoms. The third kappa shape index (κ3) is 4.81. The van der Waals surface area contributed by atoms with Crippen molar-refractivity contribution in [2.24, 2.45) is 0 Å². The molecule has 7 nitrogen and oxygen atoms in total. The molecule has 3 N–H and O–H groups in total. The lowest BCUT2D eigenvalue weighted by Gasteiger charge is -2.10. The molecule has 0 aromatic heterocycles. The molecule has 0 atom stereocenters. The van der Waals surface area contributed by atoms with Crippen LogP contribution in [-0.4, -0.2) is 31.3 Å². The summed E-state index contributed by atoms with van der Waals surface area (Å²) in [5, 5.41) is 2.36. The van der Waals surface area contributed by atoms with Crippen molar-refractivity contribution in [1.82, 2.24) is 16.2 Å². The maximum Gasteiger partial charge on any atom is 0.425 e. The van der Waals surface area contributed by atoms with E-state index in [9.17, 15) is 9.59 Å². The fraction of sp³-hybridized carbons (Fsp3) is 0.182. The number of thiocarbonyl (C=S) groups is 1. The molecular formula is C11H12IN3O4S. The first-order valence-corrected chi connectivity index (χ1v) is 6.75. The Morgan fingerprint density at radius 3 is 2.50 bits per heavy atom. The predicted octanol–water partition coefficient (Wildman–Crippen LogP) is 1.18. The Bertz CT molecular complexity index is 538. The zero-order valence-corrected chi connectivity index (χ0v) is 13.6. The molecule has 0 aliphatic rings. The highest BCUT2D eigenvalue weighted by Crippen LogP contribution is 2.21. The highest BCUT2D eigenvalue weighted by Gasteiger charge is 2.10. The Balaban J connectivity index is 2.60. The maximum absolute atomic E-state index is 11.9. The molecule has 2 amide bonds. The third-order valence-electron chi connectivity index (χ3n) is 2.10. The molecule has 1 aromatic rings. The summed E-state index contributed by atoms with van der Waals surface area (Å²) in [5.41, 5.74) is 4.86. The largest absolute Gasteiger partial charge is 0.496 e. The van der Waals surface area contributed by atoms with E-state index in [0.29, 0.717) is 11.3 Å². The summed E-state index contributed by atoms with van der Waals surface area (Å²) in [6.45, 7) is 0. The number of hydrogen-bond acceptors (Lipinski definition) is 5. The summed E-state index contributed by atoms with van der Waals surface area (Å²) in [7, 11) is 2.76. The first-order chi connectivity index (χ1) is 9.47. The number of carbonyl (C=O) groups excluding carboxylic acids is 2. The van der Waals surface area contributed by atoms with E-state index in [1.165, 1.54) is 7.11 Å². The molecule has 0 saturated heterocycles. The van der Waals surface area contributed by atoms with Crippen molar-refractivity contribution in [2.75, 3.05) is 14.2 Å². The van der Waals surface area contributed by atoms with Crippen molar-refractivity contribution < 1.29 is 19.1 Å². The van der Waals surface area contributed by atoms with Gasteiger partial charge in [0.2, 0.25) is 0 Å². The number of amides is 2. The summed E-state index contributed by atoms with van der Waals surface area (Å²) in [6, 6.07) is 4.94. The van der Waals surface area contributed by atoms with Crippen LogP contribution in [0.15, 0.2) is 18.2 Å². The number of halogens is 1. The zero-order chi connectivity index (χ0) is 15.1. The van der Waals surface area contributed by atoms with E-state index in [2.05, 4.69) is 43.5 Å². The molecular weight excluding hydrogens is 397 g/mol. The summed E-state index contributed by atoms with van der Waals surface area (Å²) in [6.07, 6.45) is -0.722. The van der Waals surface area contributed by atoms with Crippen molar-refractivity contribution in [3.8, 4) is 5.75 Å². The van der Waals surface area contributed by atoms with Gasteiger partial charge in [-0.1, -0.05) is 0 Å². The van der Waals surface area contributed by atoms with Crippen molar-refractivity contribution in [1.29, 1.82) is 0 Å².